The van der Waals surface area contributed by atoms with Gasteiger partial charge in [0.2, 0.25) is 0 Å². The van der Waals surface area contributed by atoms with Crippen molar-refractivity contribution < 1.29 is 9.90 Å². The van der Waals surface area contributed by atoms with Gasteiger partial charge in [-0.25, -0.2) is 9.78 Å². The predicted octanol–water partition coefficient (Wildman–Crippen LogP) is 2.87. The number of nitrogens with one attached hydrogen (secondary N) is 2. The summed E-state index contributed by atoms with van der Waals surface area (Å²) in [6.45, 7) is 0.509. The second kappa shape index (κ2) is 8.96. The molecule has 1 aromatic rings. The van der Waals surface area contributed by atoms with E-state index in [4.69, 9.17) is 11.6 Å². The summed E-state index contributed by atoms with van der Waals surface area (Å²) in [5.41, 5.74) is 0.899. The number of nitrogens with zero attached hydrogens (tertiary/aromatic N) is 1. The molecule has 6 heteroatoms. The highest BCUT2D eigenvalue weighted by molar-refractivity contribution is 6.29. The zero-order valence-electron chi connectivity index (χ0n) is 12.7. The zero-order chi connectivity index (χ0) is 15.8. The highest BCUT2D eigenvalue weighted by Crippen LogP contribution is 2.27. The van der Waals surface area contributed by atoms with Gasteiger partial charge in [-0.1, -0.05) is 36.9 Å². The van der Waals surface area contributed by atoms with Crippen LogP contribution in [-0.2, 0) is 6.54 Å². The van der Waals surface area contributed by atoms with Crippen LogP contribution in [0.4, 0.5) is 4.79 Å². The van der Waals surface area contributed by atoms with Crippen molar-refractivity contribution >= 4 is 17.6 Å². The molecule has 22 heavy (non-hydrogen) atoms. The summed E-state index contributed by atoms with van der Waals surface area (Å²) in [4.78, 5) is 16.0. The van der Waals surface area contributed by atoms with Crippen LogP contribution in [0.15, 0.2) is 18.3 Å². The van der Waals surface area contributed by atoms with E-state index >= 15 is 0 Å². The van der Waals surface area contributed by atoms with Gasteiger partial charge in [0.05, 0.1) is 0 Å². The Morgan fingerprint density at radius 3 is 2.77 bits per heavy atom. The molecule has 1 aliphatic carbocycles. The lowest BCUT2D eigenvalue weighted by Gasteiger charge is -2.30. The molecule has 0 radical (unpaired) electrons. The molecule has 1 saturated carbocycles. The molecule has 1 unspecified atom stereocenters. The van der Waals surface area contributed by atoms with Crippen molar-refractivity contribution in [3.63, 3.8) is 0 Å². The molecule has 122 valence electrons. The van der Waals surface area contributed by atoms with E-state index in [9.17, 15) is 9.90 Å². The largest absolute Gasteiger partial charge is 0.396 e. The van der Waals surface area contributed by atoms with E-state index in [0.29, 0.717) is 24.0 Å². The molecule has 2 rings (SSSR count). The number of urea groups is 1. The van der Waals surface area contributed by atoms with E-state index in [0.717, 1.165) is 18.4 Å². The summed E-state index contributed by atoms with van der Waals surface area (Å²) >= 11 is 5.73. The van der Waals surface area contributed by atoms with Gasteiger partial charge in [-0.3, -0.25) is 0 Å². The molecular formula is C16H24ClN3O2. The molecule has 2 amide bonds. The number of pyridine rings is 1. The number of hydrogen-bond donors (Lipinski definition) is 3. The fourth-order valence-electron chi connectivity index (χ4n) is 3.01. The number of amides is 2. The van der Waals surface area contributed by atoms with E-state index in [2.05, 4.69) is 15.6 Å². The van der Waals surface area contributed by atoms with Gasteiger partial charge in [0.15, 0.2) is 0 Å². The standard InChI is InChI=1S/C16H24ClN3O2/c17-15-7-6-12(10-18-15)11-19-16(22)20-14(8-9-21)13-4-2-1-3-5-13/h6-7,10,13-14,21H,1-5,8-9,11H2,(H2,19,20,22). The monoisotopic (exact) mass is 325 g/mol. The van der Waals surface area contributed by atoms with Crippen molar-refractivity contribution in [1.82, 2.24) is 15.6 Å². The Balaban J connectivity index is 1.80. The highest BCUT2D eigenvalue weighted by Gasteiger charge is 2.24. The lowest BCUT2D eigenvalue weighted by atomic mass is 9.83. The van der Waals surface area contributed by atoms with Crippen LogP contribution in [0.5, 0.6) is 0 Å². The topological polar surface area (TPSA) is 74.2 Å². The van der Waals surface area contributed by atoms with Crippen molar-refractivity contribution in [2.45, 2.75) is 51.1 Å². The third kappa shape index (κ3) is 5.46. The molecule has 0 spiro atoms. The van der Waals surface area contributed by atoms with Crippen LogP contribution in [0.2, 0.25) is 5.15 Å². The molecule has 1 heterocycles. The van der Waals surface area contributed by atoms with Crippen LogP contribution in [0.1, 0.15) is 44.1 Å². The van der Waals surface area contributed by atoms with E-state index in [1.165, 1.54) is 19.3 Å². The van der Waals surface area contributed by atoms with Crippen molar-refractivity contribution in [2.24, 2.45) is 5.92 Å². The van der Waals surface area contributed by atoms with Gasteiger partial charge in [0, 0.05) is 25.4 Å². The molecule has 0 aromatic carbocycles. The summed E-state index contributed by atoms with van der Waals surface area (Å²) < 4.78 is 0. The Labute approximate surface area is 136 Å². The van der Waals surface area contributed by atoms with Gasteiger partial charge in [-0.15, -0.1) is 0 Å². The predicted molar refractivity (Wildman–Crippen MR) is 86.7 cm³/mol. The number of aromatic nitrogens is 1. The number of carbonyl (C=O) groups excluding carboxylic acids is 1. The SMILES string of the molecule is O=C(NCc1ccc(Cl)nc1)NC(CCO)C1CCCCC1. The van der Waals surface area contributed by atoms with E-state index in [1.54, 1.807) is 12.3 Å². The number of carbonyl (C=O) groups is 1. The van der Waals surface area contributed by atoms with Crippen LogP contribution in [0.25, 0.3) is 0 Å². The Hall–Kier alpha value is -1.33. The third-order valence-electron chi connectivity index (χ3n) is 4.22. The molecule has 0 aliphatic heterocycles. The first-order valence-corrected chi connectivity index (χ1v) is 8.32. The van der Waals surface area contributed by atoms with Gasteiger partial charge >= 0.3 is 6.03 Å². The molecule has 5 nitrogen and oxygen atoms in total. The molecule has 1 fully saturated rings. The third-order valence-corrected chi connectivity index (χ3v) is 4.44. The van der Waals surface area contributed by atoms with Gasteiger partial charge in [-0.05, 0) is 36.8 Å². The number of halogens is 1. The van der Waals surface area contributed by atoms with E-state index < -0.39 is 0 Å². The summed E-state index contributed by atoms with van der Waals surface area (Å²) in [5, 5.41) is 15.5. The quantitative estimate of drug-likeness (QED) is 0.704. The fraction of sp³-hybridized carbons (Fsp3) is 0.625. The Morgan fingerprint density at radius 2 is 2.14 bits per heavy atom. The number of aliphatic hydroxyl groups excluding tert-OH is 1. The first kappa shape index (κ1) is 17.0. The van der Waals surface area contributed by atoms with Crippen molar-refractivity contribution in [3.8, 4) is 0 Å². The molecule has 1 aromatic heterocycles. The molecule has 1 atom stereocenters. The minimum atomic E-state index is -0.195. The highest BCUT2D eigenvalue weighted by atomic mass is 35.5. The normalized spacial score (nSPS) is 17.0. The van der Waals surface area contributed by atoms with Crippen molar-refractivity contribution in [2.75, 3.05) is 6.61 Å². The Bertz CT molecular complexity index is 461. The summed E-state index contributed by atoms with van der Waals surface area (Å²) in [5.74, 6) is 0.476. The fourth-order valence-corrected chi connectivity index (χ4v) is 3.13. The van der Waals surface area contributed by atoms with E-state index in [1.807, 2.05) is 6.07 Å². The average Bonchev–Trinajstić information content (AvgIpc) is 2.55. The maximum atomic E-state index is 12.1. The van der Waals surface area contributed by atoms with Crippen LogP contribution >= 0.6 is 11.6 Å². The van der Waals surface area contributed by atoms with Gasteiger partial charge in [0.1, 0.15) is 5.15 Å². The van der Waals surface area contributed by atoms with Gasteiger partial charge in [0.25, 0.3) is 0 Å². The maximum Gasteiger partial charge on any atom is 0.315 e. The zero-order valence-corrected chi connectivity index (χ0v) is 13.5. The molecule has 3 N–H and O–H groups in total. The summed E-state index contributed by atoms with van der Waals surface area (Å²) in [7, 11) is 0. The van der Waals surface area contributed by atoms with Crippen LogP contribution in [-0.4, -0.2) is 28.8 Å². The number of rotatable bonds is 6. The Kier molecular flexibility index (Phi) is 6.93. The van der Waals surface area contributed by atoms with Crippen molar-refractivity contribution in [1.29, 1.82) is 0 Å². The van der Waals surface area contributed by atoms with Gasteiger partial charge in [-0.2, -0.15) is 0 Å². The number of aliphatic hydroxyl groups is 1. The molecule has 0 bridgehead atoms. The van der Waals surface area contributed by atoms with Gasteiger partial charge < -0.3 is 15.7 Å². The summed E-state index contributed by atoms with van der Waals surface area (Å²) in [6.07, 6.45) is 8.23. The Morgan fingerprint density at radius 1 is 1.36 bits per heavy atom. The average molecular weight is 326 g/mol. The lowest BCUT2D eigenvalue weighted by Crippen LogP contribution is -2.46. The first-order valence-electron chi connectivity index (χ1n) is 7.94. The molecule has 0 saturated heterocycles. The second-order valence-electron chi connectivity index (χ2n) is 5.83. The minimum absolute atomic E-state index is 0.0497. The summed E-state index contributed by atoms with van der Waals surface area (Å²) in [6, 6.07) is 3.39. The minimum Gasteiger partial charge on any atom is -0.396 e. The maximum absolute atomic E-state index is 12.1. The van der Waals surface area contributed by atoms with Crippen molar-refractivity contribution in [3.05, 3.63) is 29.0 Å². The number of hydrogen-bond acceptors (Lipinski definition) is 3. The van der Waals surface area contributed by atoms with Crippen LogP contribution in [0.3, 0.4) is 0 Å². The van der Waals surface area contributed by atoms with Crippen LogP contribution < -0.4 is 10.6 Å². The van der Waals surface area contributed by atoms with E-state index in [-0.39, 0.29) is 18.7 Å². The molecular weight excluding hydrogens is 302 g/mol. The smallest absolute Gasteiger partial charge is 0.315 e. The first-order chi connectivity index (χ1) is 10.7. The molecule has 1 aliphatic rings. The second-order valence-corrected chi connectivity index (χ2v) is 6.22. The van der Waals surface area contributed by atoms with Crippen LogP contribution in [0, 0.1) is 5.92 Å². The lowest BCUT2D eigenvalue weighted by molar-refractivity contribution is 0.196.